The van der Waals surface area contributed by atoms with Crippen LogP contribution in [-0.2, 0) is 11.8 Å². The number of hydrogen-bond acceptors (Lipinski definition) is 6. The van der Waals surface area contributed by atoms with Crippen LogP contribution in [0, 0.1) is 22.6 Å². The lowest BCUT2D eigenvalue weighted by Crippen LogP contribution is -2.40. The van der Waals surface area contributed by atoms with Crippen LogP contribution in [0.1, 0.15) is 58.9 Å². The average Bonchev–Trinajstić information content (AvgIpc) is 3.41. The second-order valence-corrected chi connectivity index (χ2v) is 8.50. The molecule has 0 radical (unpaired) electrons. The number of Topliss-reactive ketones (excluding diaryl/α,β-unsaturated/α-hetero) is 1. The molecule has 2 amide bonds. The van der Waals surface area contributed by atoms with E-state index in [4.69, 9.17) is 5.26 Å². The number of anilines is 1. The topological polar surface area (TPSA) is 146 Å². The maximum absolute atomic E-state index is 13.5. The molecule has 0 fully saturated rings. The minimum Gasteiger partial charge on any atom is -0.346 e. The Morgan fingerprint density at radius 2 is 1.97 bits per heavy atom. The Balaban J connectivity index is 1.77. The van der Waals surface area contributed by atoms with Crippen molar-refractivity contribution < 1.29 is 18.8 Å². The van der Waals surface area contributed by atoms with Gasteiger partial charge in [0.1, 0.15) is 17.6 Å². The number of nitriles is 1. The summed E-state index contributed by atoms with van der Waals surface area (Å²) >= 11 is 0. The number of aromatic amines is 1. The quantitative estimate of drug-likeness (QED) is 0.388. The van der Waals surface area contributed by atoms with Crippen LogP contribution in [0.2, 0.25) is 0 Å². The number of ketones is 1. The van der Waals surface area contributed by atoms with Gasteiger partial charge in [-0.25, -0.2) is 4.39 Å². The van der Waals surface area contributed by atoms with Gasteiger partial charge in [0.05, 0.1) is 23.5 Å². The first-order valence-corrected chi connectivity index (χ1v) is 9.89. The van der Waals surface area contributed by atoms with E-state index in [-0.39, 0.29) is 22.5 Å². The number of aryl methyl sites for hydroxylation is 1. The molecule has 1 atom stereocenters. The molecule has 2 aromatic heterocycles. The second-order valence-electron chi connectivity index (χ2n) is 8.50. The van der Waals surface area contributed by atoms with E-state index in [0.717, 1.165) is 6.07 Å². The van der Waals surface area contributed by atoms with Crippen molar-refractivity contribution in [3.63, 3.8) is 0 Å². The largest absolute Gasteiger partial charge is 0.346 e. The van der Waals surface area contributed by atoms with Crippen LogP contribution in [0.25, 0.3) is 0 Å². The van der Waals surface area contributed by atoms with E-state index >= 15 is 0 Å². The fourth-order valence-corrected chi connectivity index (χ4v) is 3.23. The van der Waals surface area contributed by atoms with Gasteiger partial charge in [-0.1, -0.05) is 26.0 Å². The lowest BCUT2D eigenvalue weighted by molar-refractivity contribution is -0.118. The summed E-state index contributed by atoms with van der Waals surface area (Å²) in [5.74, 6) is -2.96. The van der Waals surface area contributed by atoms with E-state index in [1.165, 1.54) is 35.2 Å². The van der Waals surface area contributed by atoms with Crippen molar-refractivity contribution in [2.45, 2.75) is 26.8 Å². The molecule has 1 aromatic carbocycles. The Morgan fingerprint density at radius 3 is 2.58 bits per heavy atom. The second kappa shape index (κ2) is 9.04. The number of carbonyl (C=O) groups is 3. The zero-order chi connectivity index (χ0) is 24.3. The van der Waals surface area contributed by atoms with E-state index in [1.807, 2.05) is 20.8 Å². The molecule has 33 heavy (non-hydrogen) atoms. The summed E-state index contributed by atoms with van der Waals surface area (Å²) in [5, 5.41) is 24.3. The fraction of sp³-hybridized carbons (Fsp3) is 0.273. The highest BCUT2D eigenvalue weighted by Crippen LogP contribution is 2.31. The van der Waals surface area contributed by atoms with Gasteiger partial charge in [0.2, 0.25) is 0 Å². The molecule has 2 heterocycles. The highest BCUT2D eigenvalue weighted by molar-refractivity contribution is 6.43. The van der Waals surface area contributed by atoms with Crippen LogP contribution < -0.4 is 10.6 Å². The number of aromatic nitrogens is 4. The molecule has 170 valence electrons. The van der Waals surface area contributed by atoms with Gasteiger partial charge in [-0.3, -0.25) is 19.5 Å². The van der Waals surface area contributed by atoms with Gasteiger partial charge < -0.3 is 15.2 Å². The van der Waals surface area contributed by atoms with Crippen molar-refractivity contribution in [2.24, 2.45) is 12.5 Å². The summed E-state index contributed by atoms with van der Waals surface area (Å²) in [7, 11) is 1.54. The lowest BCUT2D eigenvalue weighted by Gasteiger charge is -2.29. The van der Waals surface area contributed by atoms with Crippen molar-refractivity contribution in [2.75, 3.05) is 5.32 Å². The number of benzene rings is 1. The molecule has 0 spiro atoms. The summed E-state index contributed by atoms with van der Waals surface area (Å²) in [4.78, 5) is 38.1. The summed E-state index contributed by atoms with van der Waals surface area (Å²) in [5.41, 5.74) is 0.224. The van der Waals surface area contributed by atoms with Crippen LogP contribution in [0.3, 0.4) is 0 Å². The number of rotatable bonds is 6. The number of carbonyl (C=O) groups excluding carboxylic acids is 3. The predicted octanol–water partition coefficient (Wildman–Crippen LogP) is 2.49. The third-order valence-corrected chi connectivity index (χ3v) is 4.94. The third-order valence-electron chi connectivity index (χ3n) is 4.94. The molecule has 3 rings (SSSR count). The number of halogens is 1. The van der Waals surface area contributed by atoms with Crippen molar-refractivity contribution in [1.29, 1.82) is 5.26 Å². The maximum atomic E-state index is 13.5. The van der Waals surface area contributed by atoms with Crippen molar-refractivity contribution >= 4 is 23.3 Å². The Labute approximate surface area is 188 Å². The molecular weight excluding hydrogens is 429 g/mol. The van der Waals surface area contributed by atoms with E-state index in [1.54, 1.807) is 13.1 Å². The van der Waals surface area contributed by atoms with Crippen LogP contribution in [0.4, 0.5) is 10.1 Å². The first kappa shape index (κ1) is 23.3. The van der Waals surface area contributed by atoms with Crippen molar-refractivity contribution in [1.82, 2.24) is 25.3 Å². The van der Waals surface area contributed by atoms with Crippen LogP contribution >= 0.6 is 0 Å². The minimum atomic E-state index is -0.848. The van der Waals surface area contributed by atoms with Gasteiger partial charge in [-0.05, 0) is 29.7 Å². The normalized spacial score (nSPS) is 12.0. The summed E-state index contributed by atoms with van der Waals surface area (Å²) in [6.45, 7) is 5.67. The lowest BCUT2D eigenvalue weighted by atomic mass is 9.85. The van der Waals surface area contributed by atoms with Gasteiger partial charge in [0.25, 0.3) is 17.6 Å². The van der Waals surface area contributed by atoms with E-state index in [0.29, 0.717) is 5.69 Å². The monoisotopic (exact) mass is 451 g/mol. The molecule has 0 bridgehead atoms. The molecule has 0 saturated carbocycles. The molecule has 0 aliphatic heterocycles. The summed E-state index contributed by atoms with van der Waals surface area (Å²) in [6, 6.07) is 6.01. The molecule has 10 nitrogen and oxygen atoms in total. The summed E-state index contributed by atoms with van der Waals surface area (Å²) in [6.07, 6.45) is 2.84. The average molecular weight is 451 g/mol. The van der Waals surface area contributed by atoms with E-state index in [9.17, 15) is 18.8 Å². The molecule has 0 aliphatic carbocycles. The smallest absolute Gasteiger partial charge is 0.293 e. The van der Waals surface area contributed by atoms with E-state index in [2.05, 4.69) is 26.0 Å². The van der Waals surface area contributed by atoms with E-state index < -0.39 is 34.9 Å². The molecule has 0 saturated heterocycles. The third kappa shape index (κ3) is 5.12. The van der Waals surface area contributed by atoms with Gasteiger partial charge in [-0.2, -0.15) is 5.26 Å². The standard InChI is InChI=1S/C22H22FN7O3/c1-22(2,3)19(16-10-25-29-28-16)27-21(33)18(31)13-8-17(30(4)11-13)20(32)26-14-5-6-15(23)12(7-14)9-24/h5-8,10-11,19H,1-4H3,(H,26,32)(H,27,33)(H,25,28,29)/t19-/m1/s1. The number of nitrogens with one attached hydrogen (secondary N) is 3. The first-order valence-electron chi connectivity index (χ1n) is 9.89. The first-order chi connectivity index (χ1) is 15.5. The Hall–Kier alpha value is -4.33. The molecule has 0 unspecified atom stereocenters. The minimum absolute atomic E-state index is 0.0207. The van der Waals surface area contributed by atoms with Gasteiger partial charge >= 0.3 is 0 Å². The van der Waals surface area contributed by atoms with Gasteiger partial charge in [0, 0.05) is 24.5 Å². The Morgan fingerprint density at radius 1 is 1.24 bits per heavy atom. The van der Waals surface area contributed by atoms with Crippen LogP contribution in [-0.4, -0.2) is 37.6 Å². The molecule has 11 heteroatoms. The number of nitrogens with zero attached hydrogens (tertiary/aromatic N) is 4. The highest BCUT2D eigenvalue weighted by Gasteiger charge is 2.32. The number of amides is 2. The Kier molecular flexibility index (Phi) is 6.39. The predicted molar refractivity (Wildman–Crippen MR) is 116 cm³/mol. The fourth-order valence-electron chi connectivity index (χ4n) is 3.23. The molecule has 3 aromatic rings. The zero-order valence-electron chi connectivity index (χ0n) is 18.4. The Bertz CT molecular complexity index is 1250. The van der Waals surface area contributed by atoms with Crippen molar-refractivity contribution in [3.05, 3.63) is 65.0 Å². The summed E-state index contributed by atoms with van der Waals surface area (Å²) < 4.78 is 14.9. The van der Waals surface area contributed by atoms with Crippen molar-refractivity contribution in [3.8, 4) is 6.07 Å². The van der Waals surface area contributed by atoms with Gasteiger partial charge in [0.15, 0.2) is 0 Å². The van der Waals surface area contributed by atoms with Gasteiger partial charge in [-0.15, -0.1) is 5.10 Å². The molecular formula is C22H22FN7O3. The van der Waals surface area contributed by atoms with Crippen LogP contribution in [0.5, 0.6) is 0 Å². The number of H-pyrrole nitrogens is 1. The maximum Gasteiger partial charge on any atom is 0.293 e. The SMILES string of the molecule is Cn1cc(C(=O)C(=O)N[C@H](c2cnn[nH]2)C(C)(C)C)cc1C(=O)Nc1ccc(F)c(C#N)c1. The highest BCUT2D eigenvalue weighted by atomic mass is 19.1. The molecule has 3 N–H and O–H groups in total. The number of hydrogen-bond donors (Lipinski definition) is 3. The van der Waals surface area contributed by atoms with Crippen LogP contribution in [0.15, 0.2) is 36.7 Å². The zero-order valence-corrected chi connectivity index (χ0v) is 18.4. The molecule has 0 aliphatic rings.